The van der Waals surface area contributed by atoms with Crippen LogP contribution in [0.3, 0.4) is 0 Å². The van der Waals surface area contributed by atoms with Gasteiger partial charge in [0.15, 0.2) is 11.1 Å². The third-order valence-electron chi connectivity index (χ3n) is 8.68. The van der Waals surface area contributed by atoms with Crippen LogP contribution in [0, 0.1) is 12.8 Å². The topological polar surface area (TPSA) is 86.4 Å². The SMILES string of the molecule is Cc1ccc(O)c2c1[P+]13CCN(CC4CC4)C(C)C1(O)CCN(C(=O)Cc1ccco1)C[C@@H]3O2. The fraction of sp³-hybridized carbons (Fsp3) is 0.577. The number of furan rings is 1. The molecule has 0 radical (unpaired) electrons. The minimum absolute atomic E-state index is 0.0143. The van der Waals surface area contributed by atoms with E-state index < -0.39 is 12.6 Å². The van der Waals surface area contributed by atoms with Crippen molar-refractivity contribution in [3.05, 3.63) is 41.9 Å². The van der Waals surface area contributed by atoms with E-state index in [9.17, 15) is 15.0 Å². The number of amides is 1. The summed E-state index contributed by atoms with van der Waals surface area (Å²) in [4.78, 5) is 17.6. The highest BCUT2D eigenvalue weighted by molar-refractivity contribution is 7.85. The molecule has 1 aromatic heterocycles. The molecular formula is C26H34N2O5P+. The molecule has 7 nitrogen and oxygen atoms in total. The zero-order valence-electron chi connectivity index (χ0n) is 19.9. The van der Waals surface area contributed by atoms with Crippen molar-refractivity contribution in [3.8, 4) is 11.5 Å². The number of fused-ring (bicyclic) bond motifs is 1. The van der Waals surface area contributed by atoms with Crippen LogP contribution in [0.5, 0.6) is 11.5 Å². The molecule has 3 aliphatic heterocycles. The van der Waals surface area contributed by atoms with Crippen molar-refractivity contribution >= 4 is 18.5 Å². The molecule has 3 fully saturated rings. The van der Waals surface area contributed by atoms with E-state index in [0.29, 0.717) is 31.0 Å². The molecule has 1 saturated carbocycles. The number of rotatable bonds is 4. The number of hydrogen-bond acceptors (Lipinski definition) is 6. The Morgan fingerprint density at radius 2 is 2.09 bits per heavy atom. The smallest absolute Gasteiger partial charge is 0.231 e. The summed E-state index contributed by atoms with van der Waals surface area (Å²) in [6, 6.07) is 7.21. The molecule has 2 aromatic rings. The second-order valence-electron chi connectivity index (χ2n) is 10.6. The Balaban J connectivity index is 1.41. The summed E-state index contributed by atoms with van der Waals surface area (Å²) in [7, 11) is -2.31. The highest BCUT2D eigenvalue weighted by Crippen LogP contribution is 2.79. The number of carbonyl (C=O) groups excluding carboxylic acids is 1. The summed E-state index contributed by atoms with van der Waals surface area (Å²) in [5.41, 5.74) is 1.07. The van der Waals surface area contributed by atoms with Crippen LogP contribution in [0.1, 0.15) is 37.5 Å². The van der Waals surface area contributed by atoms with Gasteiger partial charge in [-0.25, -0.2) is 0 Å². The van der Waals surface area contributed by atoms with Crippen molar-refractivity contribution in [3.63, 3.8) is 0 Å². The number of phenols is 1. The highest BCUT2D eigenvalue weighted by atomic mass is 31.2. The lowest BCUT2D eigenvalue weighted by atomic mass is 10.1. The first-order valence-electron chi connectivity index (χ1n) is 12.5. The van der Waals surface area contributed by atoms with Crippen LogP contribution in [0.15, 0.2) is 34.9 Å². The number of phenolic OH excluding ortho intramolecular Hbond substituents is 1. The Morgan fingerprint density at radius 1 is 1.26 bits per heavy atom. The molecule has 1 amide bonds. The van der Waals surface area contributed by atoms with Gasteiger partial charge in [-0.3, -0.25) is 9.69 Å². The Morgan fingerprint density at radius 3 is 2.82 bits per heavy atom. The predicted octanol–water partition coefficient (Wildman–Crippen LogP) is 2.93. The Labute approximate surface area is 201 Å². The van der Waals surface area contributed by atoms with Crippen molar-refractivity contribution in [1.82, 2.24) is 9.80 Å². The van der Waals surface area contributed by atoms with Gasteiger partial charge in [0, 0.05) is 26.1 Å². The summed E-state index contributed by atoms with van der Waals surface area (Å²) in [5, 5.41) is 23.5. The number of benzene rings is 1. The van der Waals surface area contributed by atoms with Crippen LogP contribution < -0.4 is 10.0 Å². The molecule has 4 aliphatic rings. The maximum Gasteiger partial charge on any atom is 0.231 e. The zero-order valence-corrected chi connectivity index (χ0v) is 20.8. The van der Waals surface area contributed by atoms with Crippen molar-refractivity contribution in [2.45, 2.75) is 56.8 Å². The molecule has 182 valence electrons. The molecule has 2 saturated heterocycles. The number of nitrogens with zero attached hydrogens (tertiary/aromatic N) is 2. The molecule has 4 atom stereocenters. The van der Waals surface area contributed by atoms with Gasteiger partial charge in [-0.1, -0.05) is 6.07 Å². The molecule has 0 bridgehead atoms. The average molecular weight is 486 g/mol. The average Bonchev–Trinajstić information content (AvgIpc) is 3.40. The molecule has 6 rings (SSSR count). The van der Waals surface area contributed by atoms with Gasteiger partial charge in [-0.15, -0.1) is 0 Å². The molecule has 2 N–H and O–H groups in total. The lowest BCUT2D eigenvalue weighted by molar-refractivity contribution is -0.131. The number of aromatic hydroxyl groups is 1. The van der Waals surface area contributed by atoms with E-state index >= 15 is 0 Å². The zero-order chi connectivity index (χ0) is 23.7. The number of hydrogen-bond donors (Lipinski definition) is 2. The standard InChI is InChI=1S/C26H33N2O5P/c1-17-5-8-21(29)24-25(17)34-13-11-27(15-19-6-7-19)18(2)26(34,31)9-10-28(16-23(34)33-24)22(30)14-20-4-3-12-32-20/h3-5,8,12,18-19,23,31H,6-7,9-11,13-16H2,1-2H3/p+1/t18?,23-,26?,34?/m1/s1. The van der Waals surface area contributed by atoms with Crippen LogP contribution >= 0.6 is 7.26 Å². The number of aryl methyl sites for hydroxylation is 1. The normalized spacial score (nSPS) is 33.0. The molecule has 3 unspecified atom stereocenters. The number of aliphatic hydroxyl groups is 1. The first-order chi connectivity index (χ1) is 16.3. The van der Waals surface area contributed by atoms with E-state index in [0.717, 1.165) is 36.0 Å². The minimum atomic E-state index is -2.31. The first kappa shape index (κ1) is 22.4. The third-order valence-corrected chi connectivity index (χ3v) is 14.2. The Kier molecular flexibility index (Phi) is 5.25. The predicted molar refractivity (Wildman–Crippen MR) is 131 cm³/mol. The van der Waals surface area contributed by atoms with Crippen molar-refractivity contribution in [2.24, 2.45) is 5.92 Å². The molecule has 1 aliphatic carbocycles. The minimum Gasteiger partial charge on any atom is -0.504 e. The van der Waals surface area contributed by atoms with E-state index in [-0.39, 0.29) is 30.0 Å². The van der Waals surface area contributed by atoms with E-state index in [1.54, 1.807) is 18.4 Å². The van der Waals surface area contributed by atoms with Crippen LogP contribution in [0.25, 0.3) is 0 Å². The van der Waals surface area contributed by atoms with E-state index in [1.165, 1.54) is 12.8 Å². The van der Waals surface area contributed by atoms with Crippen LogP contribution in [0.4, 0.5) is 0 Å². The quantitative estimate of drug-likeness (QED) is 0.648. The highest BCUT2D eigenvalue weighted by Gasteiger charge is 2.75. The molecule has 34 heavy (non-hydrogen) atoms. The Hall–Kier alpha value is -2.08. The summed E-state index contributed by atoms with van der Waals surface area (Å²) in [6.45, 7) is 7.09. The maximum absolute atomic E-state index is 13.3. The van der Waals surface area contributed by atoms with Crippen molar-refractivity contribution < 1.29 is 24.2 Å². The van der Waals surface area contributed by atoms with Gasteiger partial charge >= 0.3 is 0 Å². The van der Waals surface area contributed by atoms with E-state index in [1.807, 2.05) is 17.0 Å². The lowest BCUT2D eigenvalue weighted by Gasteiger charge is -2.51. The second-order valence-corrected chi connectivity index (χ2v) is 14.6. The van der Waals surface area contributed by atoms with Crippen molar-refractivity contribution in [1.29, 1.82) is 0 Å². The third kappa shape index (κ3) is 3.24. The van der Waals surface area contributed by atoms with Gasteiger partial charge in [-0.2, -0.15) is 0 Å². The number of ether oxygens (including phenoxy) is 1. The van der Waals surface area contributed by atoms with Gasteiger partial charge in [0.2, 0.25) is 17.5 Å². The summed E-state index contributed by atoms with van der Waals surface area (Å²) in [5.74, 6) is 1.71. The molecule has 4 heterocycles. The fourth-order valence-electron chi connectivity index (χ4n) is 6.59. The van der Waals surface area contributed by atoms with Gasteiger partial charge in [0.1, 0.15) is 18.3 Å². The van der Waals surface area contributed by atoms with Gasteiger partial charge in [-0.05, 0) is 56.4 Å². The molecular weight excluding hydrogens is 451 g/mol. The second kappa shape index (κ2) is 7.97. The fourth-order valence-corrected chi connectivity index (χ4v) is 12.6. The van der Waals surface area contributed by atoms with Crippen LogP contribution in [-0.2, 0) is 11.2 Å². The Bertz CT molecular complexity index is 1100. The van der Waals surface area contributed by atoms with Gasteiger partial charge in [0.05, 0.1) is 31.4 Å². The largest absolute Gasteiger partial charge is 0.504 e. The molecule has 8 heteroatoms. The molecule has 1 aromatic carbocycles. The van der Waals surface area contributed by atoms with Crippen LogP contribution in [-0.4, -0.2) is 75.5 Å². The molecule has 1 spiro atoms. The lowest BCUT2D eigenvalue weighted by Crippen LogP contribution is -2.61. The van der Waals surface area contributed by atoms with Gasteiger partial charge in [0.25, 0.3) is 0 Å². The monoisotopic (exact) mass is 485 g/mol. The van der Waals surface area contributed by atoms with Gasteiger partial charge < -0.3 is 24.3 Å². The summed E-state index contributed by atoms with van der Waals surface area (Å²) < 4.78 is 11.9. The van der Waals surface area contributed by atoms with Crippen molar-refractivity contribution in [2.75, 3.05) is 32.3 Å². The maximum atomic E-state index is 13.3. The van der Waals surface area contributed by atoms with E-state index in [2.05, 4.69) is 18.7 Å². The van der Waals surface area contributed by atoms with E-state index in [4.69, 9.17) is 9.15 Å². The first-order valence-corrected chi connectivity index (χ1v) is 14.5. The summed E-state index contributed by atoms with van der Waals surface area (Å²) >= 11 is 0. The van der Waals surface area contributed by atoms with Crippen LogP contribution in [0.2, 0.25) is 0 Å². The number of carbonyl (C=O) groups is 1. The summed E-state index contributed by atoms with van der Waals surface area (Å²) in [6.07, 6.45) is 5.70.